The third kappa shape index (κ3) is 4.84. The second kappa shape index (κ2) is 12.0. The monoisotopic (exact) mass is 658 g/mol. The van der Waals surface area contributed by atoms with E-state index in [2.05, 4.69) is 29.1 Å². The zero-order chi connectivity index (χ0) is 29.5. The molecule has 2 aromatic carbocycles. The van der Waals surface area contributed by atoms with Gasteiger partial charge in [-0.25, -0.2) is 0 Å². The summed E-state index contributed by atoms with van der Waals surface area (Å²) >= 11 is 11.9. The van der Waals surface area contributed by atoms with Crippen LogP contribution >= 0.6 is 39.3 Å². The Morgan fingerprint density at radius 1 is 1.24 bits per heavy atom. The number of anilines is 1. The minimum atomic E-state index is -0.986. The van der Waals surface area contributed by atoms with Crippen molar-refractivity contribution in [2.24, 2.45) is 11.8 Å². The number of aliphatic hydroxyl groups is 1. The first-order chi connectivity index (χ1) is 19.7. The van der Waals surface area contributed by atoms with Gasteiger partial charge in [-0.2, -0.15) is 0 Å². The van der Waals surface area contributed by atoms with Crippen molar-refractivity contribution >= 4 is 62.8 Å². The van der Waals surface area contributed by atoms with Crippen LogP contribution in [0.4, 0.5) is 5.69 Å². The number of alkyl halides is 1. The highest BCUT2D eigenvalue weighted by Crippen LogP contribution is 2.68. The summed E-state index contributed by atoms with van der Waals surface area (Å²) in [5, 5.41) is 10.9. The summed E-state index contributed by atoms with van der Waals surface area (Å²) in [7, 11) is 0. The summed E-state index contributed by atoms with van der Waals surface area (Å²) in [6, 6.07) is 12.8. The van der Waals surface area contributed by atoms with Crippen molar-refractivity contribution in [3.8, 4) is 0 Å². The number of aryl methyl sites for hydroxylation is 1. The fourth-order valence-electron chi connectivity index (χ4n) is 6.75. The molecule has 2 bridgehead atoms. The molecular weight excluding hydrogens is 628 g/mol. The molecule has 0 aliphatic carbocycles. The summed E-state index contributed by atoms with van der Waals surface area (Å²) in [6.45, 7) is 9.18. The zero-order valence-corrected chi connectivity index (χ0v) is 25.8. The Morgan fingerprint density at radius 3 is 2.61 bits per heavy atom. The van der Waals surface area contributed by atoms with Crippen molar-refractivity contribution in [2.45, 2.75) is 40.3 Å². The van der Waals surface area contributed by atoms with E-state index < -0.39 is 41.2 Å². The molecule has 3 aliphatic heterocycles. The van der Waals surface area contributed by atoms with Gasteiger partial charge in [-0.15, -0.1) is 18.3 Å². The molecule has 7 nitrogen and oxygen atoms in total. The predicted octanol–water partition coefficient (Wildman–Crippen LogP) is 5.09. The first-order valence-electron chi connectivity index (χ1n) is 13.5. The lowest BCUT2D eigenvalue weighted by Gasteiger charge is -2.40. The van der Waals surface area contributed by atoms with E-state index in [9.17, 15) is 19.5 Å². The minimum Gasteiger partial charge on any atom is -0.461 e. The van der Waals surface area contributed by atoms with Gasteiger partial charge in [0.15, 0.2) is 0 Å². The van der Waals surface area contributed by atoms with Crippen LogP contribution in [0.1, 0.15) is 23.6 Å². The molecule has 0 saturated carbocycles. The number of hydrogen-bond acceptors (Lipinski definition) is 6. The number of benzene rings is 2. The average molecular weight is 660 g/mol. The van der Waals surface area contributed by atoms with Crippen LogP contribution in [0, 0.1) is 18.8 Å². The van der Waals surface area contributed by atoms with Crippen molar-refractivity contribution < 1.29 is 24.2 Å². The maximum atomic E-state index is 14.9. The van der Waals surface area contributed by atoms with Crippen LogP contribution < -0.4 is 4.90 Å². The average Bonchev–Trinajstić information content (AvgIpc) is 3.55. The number of ether oxygens (including phenoxy) is 1. The van der Waals surface area contributed by atoms with E-state index in [4.69, 9.17) is 16.3 Å². The van der Waals surface area contributed by atoms with E-state index in [1.54, 1.807) is 17.0 Å². The van der Waals surface area contributed by atoms with Gasteiger partial charge in [0.05, 0.1) is 39.9 Å². The molecule has 41 heavy (non-hydrogen) atoms. The van der Waals surface area contributed by atoms with Gasteiger partial charge in [0, 0.05) is 16.6 Å². The van der Waals surface area contributed by atoms with Crippen LogP contribution in [0.2, 0.25) is 5.02 Å². The molecule has 0 radical (unpaired) electrons. The smallest absolute Gasteiger partial charge is 0.311 e. The van der Waals surface area contributed by atoms with Gasteiger partial charge in [0.25, 0.3) is 5.91 Å². The van der Waals surface area contributed by atoms with E-state index in [0.29, 0.717) is 22.7 Å². The number of rotatable bonds is 10. The molecular formula is C31H32BrClN2O5S. The summed E-state index contributed by atoms with van der Waals surface area (Å²) < 4.78 is 4.55. The fraction of sp³-hybridized carbons (Fsp3) is 0.387. The quantitative estimate of drug-likeness (QED) is 0.217. The standard InChI is InChI=1S/C31H32BrClN2O5S/c1-4-14-34(25-18(3)10-9-13-21(25)33)29(38)27-31-16-20(32)26(41-31)23(30(39)40-15-5-2)24(31)28(37)35(27)22(17-36)19-11-7-6-8-12-19/h4-13,20,22-24,26-27,36H,1-2,14-17H2,3H3/t20?,22-,23-,24+,26-,27?,31?/m1/s1. The van der Waals surface area contributed by atoms with E-state index in [-0.39, 0.29) is 35.0 Å². The Morgan fingerprint density at radius 2 is 1.98 bits per heavy atom. The second-order valence-corrected chi connectivity index (χ2v) is 13.7. The van der Waals surface area contributed by atoms with Crippen molar-refractivity contribution in [1.82, 2.24) is 4.90 Å². The van der Waals surface area contributed by atoms with Gasteiger partial charge in [0.1, 0.15) is 12.6 Å². The summed E-state index contributed by atoms with van der Waals surface area (Å²) in [6.07, 6.45) is 3.61. The number of thioether (sulfide) groups is 1. The molecule has 2 amide bonds. The van der Waals surface area contributed by atoms with Gasteiger partial charge >= 0.3 is 5.97 Å². The molecule has 216 valence electrons. The van der Waals surface area contributed by atoms with Crippen LogP contribution in [-0.4, -0.2) is 68.4 Å². The van der Waals surface area contributed by atoms with Crippen LogP contribution in [0.25, 0.3) is 0 Å². The van der Waals surface area contributed by atoms with E-state index in [0.717, 1.165) is 5.56 Å². The van der Waals surface area contributed by atoms with Crippen molar-refractivity contribution in [1.29, 1.82) is 0 Å². The highest BCUT2D eigenvalue weighted by Gasteiger charge is 2.76. The highest BCUT2D eigenvalue weighted by atomic mass is 79.9. The number of aliphatic hydroxyl groups excluding tert-OH is 1. The molecule has 7 atom stereocenters. The predicted molar refractivity (Wildman–Crippen MR) is 165 cm³/mol. The van der Waals surface area contributed by atoms with E-state index >= 15 is 0 Å². The molecule has 3 saturated heterocycles. The van der Waals surface area contributed by atoms with Gasteiger partial charge in [-0.1, -0.05) is 88.7 Å². The minimum absolute atomic E-state index is 0.0296. The fourth-order valence-corrected chi connectivity index (χ4v) is 10.7. The number of hydrogen-bond donors (Lipinski definition) is 1. The first-order valence-corrected chi connectivity index (χ1v) is 15.6. The number of para-hydroxylation sites is 1. The largest absolute Gasteiger partial charge is 0.461 e. The van der Waals surface area contributed by atoms with Crippen molar-refractivity contribution in [2.75, 3.05) is 24.7 Å². The first kappa shape index (κ1) is 29.9. The lowest BCUT2D eigenvalue weighted by atomic mass is 9.71. The van der Waals surface area contributed by atoms with Gasteiger partial charge in [-0.3, -0.25) is 14.4 Å². The lowest BCUT2D eigenvalue weighted by Crippen LogP contribution is -2.56. The Labute approximate surface area is 257 Å². The number of likely N-dealkylation sites (tertiary alicyclic amines) is 1. The van der Waals surface area contributed by atoms with E-state index in [1.807, 2.05) is 49.4 Å². The van der Waals surface area contributed by atoms with Crippen molar-refractivity contribution in [3.05, 3.63) is 90.0 Å². The summed E-state index contributed by atoms with van der Waals surface area (Å²) in [5.41, 5.74) is 2.04. The third-order valence-electron chi connectivity index (χ3n) is 8.31. The number of halogens is 2. The molecule has 3 aliphatic rings. The Bertz CT molecular complexity index is 1360. The summed E-state index contributed by atoms with van der Waals surface area (Å²) in [4.78, 5) is 45.9. The Kier molecular flexibility index (Phi) is 8.71. The third-order valence-corrected chi connectivity index (χ3v) is 11.8. The molecule has 3 fully saturated rings. The molecule has 5 rings (SSSR count). The van der Waals surface area contributed by atoms with Gasteiger partial charge < -0.3 is 19.6 Å². The number of esters is 1. The van der Waals surface area contributed by atoms with Crippen molar-refractivity contribution in [3.63, 3.8) is 0 Å². The molecule has 0 aromatic heterocycles. The SMILES string of the molecule is C=CCOC(=O)[C@H]1[C@@H]2SC3(CC2Br)C(C(=O)N(CC=C)c2c(C)cccc2Cl)N([C@H](CO)c2ccccc2)C(=O)[C@H]13. The van der Waals surface area contributed by atoms with E-state index in [1.165, 1.54) is 22.7 Å². The summed E-state index contributed by atoms with van der Waals surface area (Å²) in [5.74, 6) is -2.70. The maximum absolute atomic E-state index is 14.9. The number of carbonyl (C=O) groups is 3. The number of amides is 2. The zero-order valence-electron chi connectivity index (χ0n) is 22.6. The molecule has 10 heteroatoms. The number of carbonyl (C=O) groups excluding carboxylic acids is 3. The maximum Gasteiger partial charge on any atom is 0.311 e. The van der Waals surface area contributed by atoms with Gasteiger partial charge in [-0.05, 0) is 30.5 Å². The molecule has 1 N–H and O–H groups in total. The topological polar surface area (TPSA) is 87.2 Å². The van der Waals surface area contributed by atoms with Crippen LogP contribution in [-0.2, 0) is 19.1 Å². The van der Waals surface area contributed by atoms with Crippen LogP contribution in [0.15, 0.2) is 73.8 Å². The Balaban J connectivity index is 1.68. The normalized spacial score (nSPS) is 28.7. The molecule has 3 unspecified atom stereocenters. The molecule has 2 aromatic rings. The second-order valence-electron chi connectivity index (χ2n) is 10.6. The van der Waals surface area contributed by atoms with Crippen LogP contribution in [0.5, 0.6) is 0 Å². The molecule has 1 spiro atoms. The lowest BCUT2D eigenvalue weighted by molar-refractivity contribution is -0.153. The highest BCUT2D eigenvalue weighted by molar-refractivity contribution is 9.09. The number of fused-ring (bicyclic) bond motifs is 1. The van der Waals surface area contributed by atoms with Crippen LogP contribution in [0.3, 0.4) is 0 Å². The molecule has 3 heterocycles. The number of nitrogens with zero attached hydrogens (tertiary/aromatic N) is 2. The Hall–Kier alpha value is -2.59. The van der Waals surface area contributed by atoms with Gasteiger partial charge in [0.2, 0.25) is 5.91 Å².